The number of benzene rings is 2. The van der Waals surface area contributed by atoms with Crippen LogP contribution in [0.1, 0.15) is 64.9 Å². The van der Waals surface area contributed by atoms with Gasteiger partial charge < -0.3 is 33.5 Å². The number of alkyl halides is 1. The van der Waals surface area contributed by atoms with Gasteiger partial charge in [0.25, 0.3) is 0 Å². The highest BCUT2D eigenvalue weighted by Gasteiger charge is 2.45. The third-order valence-corrected chi connectivity index (χ3v) is 12.8. The van der Waals surface area contributed by atoms with Gasteiger partial charge in [-0.1, -0.05) is 6.07 Å². The van der Waals surface area contributed by atoms with E-state index in [1.165, 1.54) is 12.3 Å². The Bertz CT molecular complexity index is 2230. The molecule has 0 spiro atoms. The number of esters is 1. The molecule has 3 fully saturated rings. The first-order valence-electron chi connectivity index (χ1n) is 20.3. The van der Waals surface area contributed by atoms with Crippen LogP contribution >= 0.6 is 8.53 Å². The highest BCUT2D eigenvalue weighted by molar-refractivity contribution is 7.45. The molecule has 14 nitrogen and oxygen atoms in total. The Labute approximate surface area is 341 Å². The largest absolute Gasteiger partial charge is 0.465 e. The van der Waals surface area contributed by atoms with Crippen LogP contribution in [0.3, 0.4) is 0 Å². The van der Waals surface area contributed by atoms with Gasteiger partial charge in [0.1, 0.15) is 47.9 Å². The minimum absolute atomic E-state index is 0.0108. The van der Waals surface area contributed by atoms with Gasteiger partial charge in [-0.25, -0.2) is 23.1 Å². The van der Waals surface area contributed by atoms with Crippen LogP contribution in [0.5, 0.6) is 11.8 Å². The van der Waals surface area contributed by atoms with Crippen LogP contribution < -0.4 is 24.6 Å². The van der Waals surface area contributed by atoms with E-state index in [1.54, 1.807) is 43.9 Å². The SMILES string of the molecule is CCOC(=O)CNP(OCC)Oc1cc2c3c(c(F)ccc3c1)CCCOC(=O)NC1(C)CC(F)CN(C1)c1nc(OCC34CCCN3CCC4)nc3c(F)c-2ncc13. The van der Waals surface area contributed by atoms with Gasteiger partial charge in [0, 0.05) is 24.7 Å². The molecule has 2 aromatic carbocycles. The Kier molecular flexibility index (Phi) is 12.0. The lowest BCUT2D eigenvalue weighted by atomic mass is 9.90. The predicted molar refractivity (Wildman–Crippen MR) is 215 cm³/mol. The third-order valence-electron chi connectivity index (χ3n) is 11.6. The second kappa shape index (κ2) is 17.2. The maximum absolute atomic E-state index is 17.6. The van der Waals surface area contributed by atoms with Gasteiger partial charge >= 0.3 is 26.6 Å². The average molecular weight is 840 g/mol. The number of nitrogens with zero attached hydrogens (tertiary/aromatic N) is 5. The topological polar surface area (TPSA) is 150 Å². The van der Waals surface area contributed by atoms with E-state index in [2.05, 4.69) is 25.3 Å². The Hall–Kier alpha value is -4.57. The van der Waals surface area contributed by atoms with Crippen molar-refractivity contribution in [2.75, 3.05) is 64.1 Å². The zero-order valence-corrected chi connectivity index (χ0v) is 34.3. The number of hydrogen-bond acceptors (Lipinski definition) is 13. The van der Waals surface area contributed by atoms with Gasteiger partial charge in [0.05, 0.1) is 42.8 Å². The van der Waals surface area contributed by atoms with Crippen LogP contribution in [0, 0.1) is 11.6 Å². The summed E-state index contributed by atoms with van der Waals surface area (Å²) in [7, 11) is -1.89. The van der Waals surface area contributed by atoms with Crippen molar-refractivity contribution in [3.63, 3.8) is 0 Å². The van der Waals surface area contributed by atoms with E-state index in [-0.39, 0.29) is 110 Å². The number of pyridine rings is 1. The molecule has 3 unspecified atom stereocenters. The van der Waals surface area contributed by atoms with Crippen molar-refractivity contribution in [1.29, 1.82) is 0 Å². The zero-order valence-electron chi connectivity index (χ0n) is 33.5. The van der Waals surface area contributed by atoms with E-state index >= 15 is 13.2 Å². The highest BCUT2D eigenvalue weighted by atomic mass is 31.2. The Morgan fingerprint density at radius 3 is 2.71 bits per heavy atom. The van der Waals surface area contributed by atoms with Crippen molar-refractivity contribution in [2.45, 2.75) is 83.0 Å². The lowest BCUT2D eigenvalue weighted by molar-refractivity contribution is -0.141. The number of carbonyl (C=O) groups is 2. The number of halogens is 3. The minimum atomic E-state index is -1.89. The minimum Gasteiger partial charge on any atom is -0.465 e. The zero-order chi connectivity index (χ0) is 41.3. The summed E-state index contributed by atoms with van der Waals surface area (Å²) in [5.74, 6) is -1.42. The fourth-order valence-electron chi connectivity index (χ4n) is 9.10. The van der Waals surface area contributed by atoms with Crippen LogP contribution in [0.15, 0.2) is 30.5 Å². The van der Waals surface area contributed by atoms with Gasteiger partial charge in [0.2, 0.25) is 0 Å². The van der Waals surface area contributed by atoms with E-state index in [0.717, 1.165) is 38.8 Å². The maximum Gasteiger partial charge on any atom is 0.407 e. The molecule has 3 atom stereocenters. The molecule has 2 aromatic heterocycles. The van der Waals surface area contributed by atoms with Crippen molar-refractivity contribution >= 4 is 48.1 Å². The van der Waals surface area contributed by atoms with Crippen molar-refractivity contribution in [2.24, 2.45) is 0 Å². The molecule has 4 aromatic rings. The molecule has 0 radical (unpaired) electrons. The monoisotopic (exact) mass is 839 g/mol. The fourth-order valence-corrected chi connectivity index (χ4v) is 10.1. The van der Waals surface area contributed by atoms with Crippen molar-refractivity contribution < 1.29 is 46.0 Å². The summed E-state index contributed by atoms with van der Waals surface area (Å²) < 4.78 is 78.3. The van der Waals surface area contributed by atoms with Gasteiger partial charge in [-0.3, -0.25) is 14.7 Å². The summed E-state index contributed by atoms with van der Waals surface area (Å²) >= 11 is 0. The maximum atomic E-state index is 17.6. The van der Waals surface area contributed by atoms with Crippen molar-refractivity contribution in [3.05, 3.63) is 47.7 Å². The molecule has 0 saturated carbocycles. The molecule has 5 aliphatic rings. The Morgan fingerprint density at radius 2 is 1.93 bits per heavy atom. The molecule has 6 bridgehead atoms. The molecule has 3 saturated heterocycles. The normalized spacial score (nSPS) is 22.2. The molecule has 5 aliphatic heterocycles. The molecule has 7 heterocycles. The van der Waals surface area contributed by atoms with Crippen LogP contribution in [0.2, 0.25) is 0 Å². The number of aromatic nitrogens is 3. The standard InChI is InChI=1S/C41H49F3N7O7P/c1-4-54-32(52)21-46-59(57-5-2)58-27-17-25-10-11-31(43)28-9-6-16-55-39(53)49-40(3)19-26(42)22-50(23-40)37-30-20-45-35(29(18-27)33(25)28)34(44)36(30)47-38(48-37)56-24-41-12-7-14-51(41)15-8-13-41/h10-11,17-18,20,26,46H,4-9,12-16,19,21-24H2,1-3H3,(H,49,53). The van der Waals surface area contributed by atoms with Gasteiger partial charge in [0.15, 0.2) is 5.82 Å². The first kappa shape index (κ1) is 41.2. The summed E-state index contributed by atoms with van der Waals surface area (Å²) in [6.45, 7) is 7.71. The number of alkyl carbamates (subject to hydrolysis) is 1. The molecule has 316 valence electrons. The van der Waals surface area contributed by atoms with Crippen LogP contribution in [-0.2, 0) is 25.2 Å². The van der Waals surface area contributed by atoms with E-state index in [0.29, 0.717) is 17.4 Å². The smallest absolute Gasteiger partial charge is 0.407 e. The Morgan fingerprint density at radius 1 is 1.12 bits per heavy atom. The number of ether oxygens (including phenoxy) is 3. The molecular weight excluding hydrogens is 790 g/mol. The molecule has 0 aliphatic carbocycles. The highest BCUT2D eigenvalue weighted by Crippen LogP contribution is 2.44. The number of rotatable bonds is 11. The lowest BCUT2D eigenvalue weighted by Gasteiger charge is -2.42. The van der Waals surface area contributed by atoms with E-state index < -0.39 is 43.9 Å². The van der Waals surface area contributed by atoms with E-state index in [9.17, 15) is 9.59 Å². The Balaban J connectivity index is 1.29. The summed E-state index contributed by atoms with van der Waals surface area (Å²) in [6, 6.07) is 6.03. The molecule has 1 amide bonds. The molecule has 59 heavy (non-hydrogen) atoms. The van der Waals surface area contributed by atoms with Crippen LogP contribution in [-0.4, -0.2) is 108 Å². The summed E-state index contributed by atoms with van der Waals surface area (Å²) in [4.78, 5) is 43.5. The van der Waals surface area contributed by atoms with Crippen molar-refractivity contribution in [3.8, 4) is 23.0 Å². The first-order chi connectivity index (χ1) is 28.5. The molecule has 2 N–H and O–H groups in total. The van der Waals surface area contributed by atoms with E-state index in [1.807, 2.05) is 0 Å². The third kappa shape index (κ3) is 8.57. The van der Waals surface area contributed by atoms with Gasteiger partial charge in [-0.15, -0.1) is 0 Å². The number of amides is 1. The fraction of sp³-hybridized carbons (Fsp3) is 0.537. The second-order valence-corrected chi connectivity index (χ2v) is 17.1. The number of nitrogens with one attached hydrogen (secondary N) is 2. The number of hydrogen-bond donors (Lipinski definition) is 2. The first-order valence-corrected chi connectivity index (χ1v) is 21.5. The summed E-state index contributed by atoms with van der Waals surface area (Å²) in [5, 5.41) is 6.87. The molecule has 18 heteroatoms. The van der Waals surface area contributed by atoms with Gasteiger partial charge in [-0.05, 0) is 107 Å². The van der Waals surface area contributed by atoms with Crippen LogP contribution in [0.25, 0.3) is 32.9 Å². The summed E-state index contributed by atoms with van der Waals surface area (Å²) in [6.07, 6.45) is 3.68. The van der Waals surface area contributed by atoms with Crippen LogP contribution in [0.4, 0.5) is 23.8 Å². The van der Waals surface area contributed by atoms with Gasteiger partial charge in [-0.2, -0.15) is 9.97 Å². The van der Waals surface area contributed by atoms with E-state index in [4.69, 9.17) is 28.2 Å². The second-order valence-electron chi connectivity index (χ2n) is 15.8. The number of fused-ring (bicyclic) bond motifs is 7. The number of anilines is 1. The van der Waals surface area contributed by atoms with Crippen molar-refractivity contribution in [1.82, 2.24) is 30.3 Å². The number of piperidine rings is 1. The molecule has 9 rings (SSSR count). The molecular formula is C41H49F3N7O7P. The number of aryl methyl sites for hydroxylation is 1. The lowest BCUT2D eigenvalue weighted by Crippen LogP contribution is -2.60. The average Bonchev–Trinajstić information content (AvgIpc) is 3.79. The summed E-state index contributed by atoms with van der Waals surface area (Å²) in [5.41, 5.74) is -1.06. The quantitative estimate of drug-likeness (QED) is 0.119. The predicted octanol–water partition coefficient (Wildman–Crippen LogP) is 6.90. The number of carbonyl (C=O) groups excluding carboxylic acids is 2.